The van der Waals surface area contributed by atoms with E-state index in [1.807, 2.05) is 6.92 Å². The van der Waals surface area contributed by atoms with Crippen molar-refractivity contribution in [2.24, 2.45) is 5.92 Å². The van der Waals surface area contributed by atoms with Crippen molar-refractivity contribution in [1.29, 1.82) is 0 Å². The molecule has 0 bridgehead atoms. The van der Waals surface area contributed by atoms with Gasteiger partial charge in [-0.25, -0.2) is 4.39 Å². The summed E-state index contributed by atoms with van der Waals surface area (Å²) in [6.07, 6.45) is 0. The predicted octanol–water partition coefficient (Wildman–Crippen LogP) is 2.99. The molecule has 0 amide bonds. The van der Waals surface area contributed by atoms with Crippen molar-refractivity contribution in [2.45, 2.75) is 20.8 Å². The summed E-state index contributed by atoms with van der Waals surface area (Å²) in [4.78, 5) is 14.2. The molecule has 0 fully saturated rings. The second kappa shape index (κ2) is 6.50. The first-order chi connectivity index (χ1) is 8.10. The average molecular weight is 237 g/mol. The Morgan fingerprint density at radius 1 is 1.29 bits per heavy atom. The van der Waals surface area contributed by atoms with Gasteiger partial charge in [-0.15, -0.1) is 0 Å². The molecule has 17 heavy (non-hydrogen) atoms. The summed E-state index contributed by atoms with van der Waals surface area (Å²) in [7, 11) is 0. The van der Waals surface area contributed by atoms with E-state index in [9.17, 15) is 9.18 Å². The largest absolute Gasteiger partial charge is 0.303 e. The van der Waals surface area contributed by atoms with Crippen LogP contribution in [0.4, 0.5) is 4.39 Å². The Morgan fingerprint density at radius 2 is 1.88 bits per heavy atom. The fraction of sp³-hybridized carbons (Fsp3) is 0.500. The van der Waals surface area contributed by atoms with Gasteiger partial charge in [0, 0.05) is 12.5 Å². The lowest BCUT2D eigenvalue weighted by atomic mass is 9.98. The molecule has 0 heterocycles. The van der Waals surface area contributed by atoms with Gasteiger partial charge in [0.15, 0.2) is 5.78 Å². The maximum absolute atomic E-state index is 13.5. The van der Waals surface area contributed by atoms with Crippen LogP contribution in [0.5, 0.6) is 0 Å². The highest BCUT2D eigenvalue weighted by molar-refractivity contribution is 5.98. The molecule has 2 nitrogen and oxygen atoms in total. The number of ketones is 1. The third-order valence-electron chi connectivity index (χ3n) is 3.01. The molecule has 94 valence electrons. The summed E-state index contributed by atoms with van der Waals surface area (Å²) in [6.45, 7) is 8.47. The first kappa shape index (κ1) is 13.8. The number of hydrogen-bond donors (Lipinski definition) is 0. The van der Waals surface area contributed by atoms with Gasteiger partial charge in [-0.2, -0.15) is 0 Å². The van der Waals surface area contributed by atoms with Crippen molar-refractivity contribution in [3.05, 3.63) is 35.6 Å². The molecule has 0 saturated heterocycles. The number of rotatable bonds is 6. The van der Waals surface area contributed by atoms with E-state index in [2.05, 4.69) is 18.7 Å². The molecule has 3 heteroatoms. The van der Waals surface area contributed by atoms with Crippen LogP contribution in [-0.2, 0) is 0 Å². The lowest BCUT2D eigenvalue weighted by molar-refractivity contribution is 0.0894. The van der Waals surface area contributed by atoms with Crippen LogP contribution < -0.4 is 0 Å². The van der Waals surface area contributed by atoms with Crippen molar-refractivity contribution in [2.75, 3.05) is 19.6 Å². The molecule has 0 aliphatic heterocycles. The molecule has 1 rings (SSSR count). The van der Waals surface area contributed by atoms with E-state index in [4.69, 9.17) is 0 Å². The first-order valence-corrected chi connectivity index (χ1v) is 6.11. The Labute approximate surface area is 102 Å². The van der Waals surface area contributed by atoms with Gasteiger partial charge >= 0.3 is 0 Å². The third kappa shape index (κ3) is 3.63. The maximum Gasteiger partial charge on any atom is 0.169 e. The number of nitrogens with zero attached hydrogens (tertiary/aromatic N) is 1. The minimum absolute atomic E-state index is 0.116. The Bertz CT molecular complexity index is 374. The van der Waals surface area contributed by atoms with Gasteiger partial charge in [0.1, 0.15) is 5.82 Å². The van der Waals surface area contributed by atoms with E-state index in [1.54, 1.807) is 18.2 Å². The van der Waals surface area contributed by atoms with Gasteiger partial charge in [0.2, 0.25) is 0 Å². The van der Waals surface area contributed by atoms with Crippen molar-refractivity contribution >= 4 is 5.78 Å². The van der Waals surface area contributed by atoms with Gasteiger partial charge in [-0.3, -0.25) is 4.79 Å². The van der Waals surface area contributed by atoms with Crippen molar-refractivity contribution in [1.82, 2.24) is 4.90 Å². The van der Waals surface area contributed by atoms with Crippen LogP contribution in [0.15, 0.2) is 24.3 Å². The van der Waals surface area contributed by atoms with E-state index in [-0.39, 0.29) is 17.3 Å². The Balaban J connectivity index is 2.73. The molecule has 0 N–H and O–H groups in total. The van der Waals surface area contributed by atoms with Crippen molar-refractivity contribution in [3.63, 3.8) is 0 Å². The number of benzene rings is 1. The second-order valence-corrected chi connectivity index (χ2v) is 4.23. The summed E-state index contributed by atoms with van der Waals surface area (Å²) in [5, 5.41) is 0. The molecule has 0 radical (unpaired) electrons. The molecule has 0 spiro atoms. The number of halogens is 1. The number of hydrogen-bond acceptors (Lipinski definition) is 2. The molecular weight excluding hydrogens is 217 g/mol. The van der Waals surface area contributed by atoms with Crippen LogP contribution in [0.1, 0.15) is 31.1 Å². The predicted molar refractivity (Wildman–Crippen MR) is 67.7 cm³/mol. The minimum Gasteiger partial charge on any atom is -0.303 e. The molecule has 1 aromatic rings. The Kier molecular flexibility index (Phi) is 5.29. The normalized spacial score (nSPS) is 12.8. The maximum atomic E-state index is 13.5. The molecule has 0 aromatic heterocycles. The molecular formula is C14H20FNO. The lowest BCUT2D eigenvalue weighted by Gasteiger charge is -2.21. The zero-order chi connectivity index (χ0) is 12.8. The number of carbonyl (C=O) groups excluding carboxylic acids is 1. The van der Waals surface area contributed by atoms with E-state index >= 15 is 0 Å². The van der Waals surface area contributed by atoms with E-state index < -0.39 is 5.82 Å². The zero-order valence-corrected chi connectivity index (χ0v) is 10.7. The quantitative estimate of drug-likeness (QED) is 0.709. The van der Waals surface area contributed by atoms with Gasteiger partial charge in [-0.05, 0) is 25.2 Å². The fourth-order valence-electron chi connectivity index (χ4n) is 1.88. The van der Waals surface area contributed by atoms with E-state index in [1.165, 1.54) is 6.07 Å². The summed E-state index contributed by atoms with van der Waals surface area (Å²) < 4.78 is 13.5. The number of Topliss-reactive ketones (excluding diaryl/α,β-unsaturated/α-hetero) is 1. The summed E-state index contributed by atoms with van der Waals surface area (Å²) >= 11 is 0. The van der Waals surface area contributed by atoms with E-state index in [0.717, 1.165) is 13.1 Å². The number of carbonyl (C=O) groups is 1. The third-order valence-corrected chi connectivity index (χ3v) is 3.01. The lowest BCUT2D eigenvalue weighted by Crippen LogP contribution is -2.31. The zero-order valence-electron chi connectivity index (χ0n) is 10.7. The molecule has 1 aromatic carbocycles. The molecule has 1 unspecified atom stereocenters. The monoisotopic (exact) mass is 237 g/mol. The van der Waals surface area contributed by atoms with Crippen molar-refractivity contribution < 1.29 is 9.18 Å². The van der Waals surface area contributed by atoms with Gasteiger partial charge < -0.3 is 4.90 Å². The fourth-order valence-corrected chi connectivity index (χ4v) is 1.88. The molecule has 1 atom stereocenters. The molecule has 0 saturated carbocycles. The summed E-state index contributed by atoms with van der Waals surface area (Å²) in [6, 6.07) is 6.18. The Hall–Kier alpha value is -1.22. The highest BCUT2D eigenvalue weighted by atomic mass is 19.1. The smallest absolute Gasteiger partial charge is 0.169 e. The SMILES string of the molecule is CCN(CC)CC(C)C(=O)c1ccccc1F. The second-order valence-electron chi connectivity index (χ2n) is 4.23. The molecule has 0 aliphatic carbocycles. The van der Waals surface area contributed by atoms with Crippen LogP contribution in [0, 0.1) is 11.7 Å². The van der Waals surface area contributed by atoms with Crippen LogP contribution in [0.25, 0.3) is 0 Å². The average Bonchev–Trinajstić information content (AvgIpc) is 2.35. The summed E-state index contributed by atoms with van der Waals surface area (Å²) in [5.41, 5.74) is 0.201. The van der Waals surface area contributed by atoms with Crippen LogP contribution >= 0.6 is 0 Å². The highest BCUT2D eigenvalue weighted by Gasteiger charge is 2.19. The van der Waals surface area contributed by atoms with Gasteiger partial charge in [0.25, 0.3) is 0 Å². The van der Waals surface area contributed by atoms with Gasteiger partial charge in [-0.1, -0.05) is 32.9 Å². The van der Waals surface area contributed by atoms with Crippen LogP contribution in [0.2, 0.25) is 0 Å². The highest BCUT2D eigenvalue weighted by Crippen LogP contribution is 2.13. The summed E-state index contributed by atoms with van der Waals surface area (Å²) in [5.74, 6) is -0.717. The minimum atomic E-state index is -0.427. The Morgan fingerprint density at radius 3 is 2.41 bits per heavy atom. The van der Waals surface area contributed by atoms with Crippen LogP contribution in [-0.4, -0.2) is 30.3 Å². The topological polar surface area (TPSA) is 20.3 Å². The van der Waals surface area contributed by atoms with Crippen molar-refractivity contribution in [3.8, 4) is 0 Å². The van der Waals surface area contributed by atoms with Gasteiger partial charge in [0.05, 0.1) is 5.56 Å². The first-order valence-electron chi connectivity index (χ1n) is 6.11. The molecule has 0 aliphatic rings. The van der Waals surface area contributed by atoms with Crippen LogP contribution in [0.3, 0.4) is 0 Å². The van der Waals surface area contributed by atoms with E-state index in [0.29, 0.717) is 6.54 Å². The standard InChI is InChI=1S/C14H20FNO/c1-4-16(5-2)10-11(3)14(17)12-8-6-7-9-13(12)15/h6-9,11H,4-5,10H2,1-3H3.